The summed E-state index contributed by atoms with van der Waals surface area (Å²) in [6.07, 6.45) is 3.32. The second-order valence-corrected chi connectivity index (χ2v) is 5.41. The highest BCUT2D eigenvalue weighted by molar-refractivity contribution is 6.25. The lowest BCUT2D eigenvalue weighted by Crippen LogP contribution is -2.25. The van der Waals surface area contributed by atoms with E-state index < -0.39 is 17.4 Å². The molecule has 1 aromatic rings. The first-order valence-corrected chi connectivity index (χ1v) is 7.99. The van der Waals surface area contributed by atoms with E-state index in [1.807, 2.05) is 13.8 Å². The second-order valence-electron chi connectivity index (χ2n) is 5.41. The maximum atomic E-state index is 13.4. The van der Waals surface area contributed by atoms with Gasteiger partial charge in [0.15, 0.2) is 0 Å². The molecular weight excluding hydrogens is 299 g/mol. The molecule has 0 aromatic heterocycles. The number of allylic oxidation sites excluding steroid dienone is 2. The van der Waals surface area contributed by atoms with Gasteiger partial charge in [-0.15, -0.1) is 0 Å². The number of ketones is 2. The van der Waals surface area contributed by atoms with E-state index in [1.54, 1.807) is 0 Å². The predicted molar refractivity (Wildman–Crippen MR) is 83.8 cm³/mol. The first-order valence-electron chi connectivity index (χ1n) is 7.99. The average molecular weight is 320 g/mol. The number of hydrogen-bond acceptors (Lipinski definition) is 4. The largest absolute Gasteiger partial charge is 0.486 e. The molecule has 0 radical (unpaired) electrons. The van der Waals surface area contributed by atoms with Gasteiger partial charge in [0.25, 0.3) is 0 Å². The number of rotatable bonds is 8. The number of Topliss-reactive ketones (excluding diaryl/α,β-unsaturated/α-hetero) is 2. The molecule has 0 atom stereocenters. The standard InChI is InChI=1S/C18H21FO4/c1-3-5-9-22-17-15(20)13-8-7-12(19)11-14(13)16(21)18(17)23-10-6-4-2/h7-8,11H,3-6,9-10H2,1-2H3. The van der Waals surface area contributed by atoms with Crippen LogP contribution in [0.25, 0.3) is 0 Å². The molecule has 124 valence electrons. The fourth-order valence-electron chi connectivity index (χ4n) is 2.25. The van der Waals surface area contributed by atoms with Crippen molar-refractivity contribution in [2.45, 2.75) is 39.5 Å². The summed E-state index contributed by atoms with van der Waals surface area (Å²) in [7, 11) is 0. The van der Waals surface area contributed by atoms with E-state index in [4.69, 9.17) is 9.47 Å². The third-order valence-electron chi connectivity index (χ3n) is 3.58. The van der Waals surface area contributed by atoms with E-state index in [-0.39, 0.29) is 22.6 Å². The first-order chi connectivity index (χ1) is 11.1. The van der Waals surface area contributed by atoms with E-state index in [9.17, 15) is 14.0 Å². The van der Waals surface area contributed by atoms with Crippen LogP contribution >= 0.6 is 0 Å². The van der Waals surface area contributed by atoms with Gasteiger partial charge in [0.1, 0.15) is 5.82 Å². The van der Waals surface area contributed by atoms with E-state index in [0.29, 0.717) is 13.2 Å². The zero-order valence-corrected chi connectivity index (χ0v) is 13.5. The van der Waals surface area contributed by atoms with Gasteiger partial charge in [0.2, 0.25) is 23.1 Å². The third-order valence-corrected chi connectivity index (χ3v) is 3.58. The van der Waals surface area contributed by atoms with Crippen molar-refractivity contribution < 1.29 is 23.5 Å². The molecule has 23 heavy (non-hydrogen) atoms. The normalized spacial score (nSPS) is 14.0. The smallest absolute Gasteiger partial charge is 0.232 e. The predicted octanol–water partition coefficient (Wildman–Crippen LogP) is 4.05. The summed E-state index contributed by atoms with van der Waals surface area (Å²) < 4.78 is 24.5. The number of unbranched alkanes of at least 4 members (excludes halogenated alkanes) is 2. The van der Waals surface area contributed by atoms with Crippen LogP contribution in [0, 0.1) is 5.82 Å². The molecule has 2 rings (SSSR count). The molecule has 1 aliphatic rings. The Morgan fingerprint density at radius 1 is 0.870 bits per heavy atom. The Morgan fingerprint density at radius 3 is 1.91 bits per heavy atom. The monoisotopic (exact) mass is 320 g/mol. The topological polar surface area (TPSA) is 52.6 Å². The maximum absolute atomic E-state index is 13.4. The molecule has 0 fully saturated rings. The number of carbonyl (C=O) groups excluding carboxylic acids is 2. The van der Waals surface area contributed by atoms with Crippen molar-refractivity contribution in [3.8, 4) is 0 Å². The maximum Gasteiger partial charge on any atom is 0.232 e. The van der Waals surface area contributed by atoms with Gasteiger partial charge in [0, 0.05) is 11.1 Å². The van der Waals surface area contributed by atoms with Crippen molar-refractivity contribution in [2.75, 3.05) is 13.2 Å². The number of carbonyl (C=O) groups is 2. The van der Waals surface area contributed by atoms with Gasteiger partial charge in [-0.25, -0.2) is 4.39 Å². The summed E-state index contributed by atoms with van der Waals surface area (Å²) in [6.45, 7) is 4.65. The zero-order chi connectivity index (χ0) is 16.8. The van der Waals surface area contributed by atoms with Gasteiger partial charge < -0.3 is 9.47 Å². The summed E-state index contributed by atoms with van der Waals surface area (Å²) in [5.41, 5.74) is 0.190. The quantitative estimate of drug-likeness (QED) is 0.678. The average Bonchev–Trinajstić information content (AvgIpc) is 2.54. The third kappa shape index (κ3) is 3.78. The minimum atomic E-state index is -0.562. The minimum Gasteiger partial charge on any atom is -0.486 e. The molecule has 5 heteroatoms. The van der Waals surface area contributed by atoms with Gasteiger partial charge >= 0.3 is 0 Å². The van der Waals surface area contributed by atoms with Gasteiger partial charge in [-0.05, 0) is 31.0 Å². The van der Waals surface area contributed by atoms with E-state index in [1.165, 1.54) is 6.07 Å². The van der Waals surface area contributed by atoms with Crippen LogP contribution in [-0.4, -0.2) is 24.8 Å². The highest BCUT2D eigenvalue weighted by Gasteiger charge is 2.35. The molecule has 0 N–H and O–H groups in total. The Balaban J connectivity index is 2.36. The molecule has 0 unspecified atom stereocenters. The fraction of sp³-hybridized carbons (Fsp3) is 0.444. The van der Waals surface area contributed by atoms with Crippen molar-refractivity contribution in [1.82, 2.24) is 0 Å². The summed E-state index contributed by atoms with van der Waals surface area (Å²) >= 11 is 0. The Hall–Kier alpha value is -2.17. The van der Waals surface area contributed by atoms with Crippen LogP contribution in [0.5, 0.6) is 0 Å². The van der Waals surface area contributed by atoms with E-state index >= 15 is 0 Å². The Kier molecular flexibility index (Phi) is 5.90. The van der Waals surface area contributed by atoms with Gasteiger partial charge in [0.05, 0.1) is 13.2 Å². The molecule has 1 aromatic carbocycles. The summed E-state index contributed by atoms with van der Waals surface area (Å²) in [5, 5.41) is 0. The summed E-state index contributed by atoms with van der Waals surface area (Å²) in [4.78, 5) is 25.1. The second kappa shape index (κ2) is 7.90. The van der Waals surface area contributed by atoms with Crippen LogP contribution in [0.15, 0.2) is 29.7 Å². The fourth-order valence-corrected chi connectivity index (χ4v) is 2.25. The van der Waals surface area contributed by atoms with Crippen molar-refractivity contribution in [3.63, 3.8) is 0 Å². The SMILES string of the molecule is CCCCOC1=C(OCCCC)C(=O)c2cc(F)ccc2C1=O. The van der Waals surface area contributed by atoms with Gasteiger partial charge in [-0.2, -0.15) is 0 Å². The molecule has 0 heterocycles. The van der Waals surface area contributed by atoms with Crippen molar-refractivity contribution in [3.05, 3.63) is 46.7 Å². The summed E-state index contributed by atoms with van der Waals surface area (Å²) in [5.74, 6) is -1.65. The van der Waals surface area contributed by atoms with Gasteiger partial charge in [-0.1, -0.05) is 26.7 Å². The van der Waals surface area contributed by atoms with Crippen LogP contribution in [0.2, 0.25) is 0 Å². The Labute approximate surface area is 135 Å². The minimum absolute atomic E-state index is 0.0318. The molecule has 1 aliphatic carbocycles. The van der Waals surface area contributed by atoms with Crippen LogP contribution < -0.4 is 0 Å². The highest BCUT2D eigenvalue weighted by Crippen LogP contribution is 2.28. The molecule has 0 spiro atoms. The van der Waals surface area contributed by atoms with Crippen LogP contribution in [-0.2, 0) is 9.47 Å². The lowest BCUT2D eigenvalue weighted by Gasteiger charge is -2.21. The van der Waals surface area contributed by atoms with Crippen LogP contribution in [0.1, 0.15) is 60.2 Å². The zero-order valence-electron chi connectivity index (χ0n) is 13.5. The van der Waals surface area contributed by atoms with Gasteiger partial charge in [-0.3, -0.25) is 9.59 Å². The number of hydrogen-bond donors (Lipinski definition) is 0. The highest BCUT2D eigenvalue weighted by atomic mass is 19.1. The Bertz CT molecular complexity index is 634. The first kappa shape index (κ1) is 17.2. The van der Waals surface area contributed by atoms with Crippen LogP contribution in [0.4, 0.5) is 4.39 Å². The molecule has 0 saturated heterocycles. The van der Waals surface area contributed by atoms with Crippen LogP contribution in [0.3, 0.4) is 0 Å². The van der Waals surface area contributed by atoms with Crippen molar-refractivity contribution in [2.24, 2.45) is 0 Å². The molecule has 0 saturated carbocycles. The summed E-state index contributed by atoms with van der Waals surface area (Å²) in [6, 6.07) is 3.55. The molecule has 0 bridgehead atoms. The van der Waals surface area contributed by atoms with E-state index in [2.05, 4.69) is 0 Å². The van der Waals surface area contributed by atoms with Crippen molar-refractivity contribution >= 4 is 11.6 Å². The lowest BCUT2D eigenvalue weighted by atomic mass is 9.92. The lowest BCUT2D eigenvalue weighted by molar-refractivity contribution is 0.0745. The number of ether oxygens (including phenoxy) is 2. The Morgan fingerprint density at radius 2 is 1.39 bits per heavy atom. The number of halogens is 1. The van der Waals surface area contributed by atoms with E-state index in [0.717, 1.165) is 37.8 Å². The molecule has 0 aliphatic heterocycles. The molecule has 0 amide bonds. The molecule has 4 nitrogen and oxygen atoms in total. The van der Waals surface area contributed by atoms with Crippen molar-refractivity contribution in [1.29, 1.82) is 0 Å². The number of fused-ring (bicyclic) bond motifs is 1. The molecular formula is C18H21FO4. The number of benzene rings is 1.